The Morgan fingerprint density at radius 1 is 1.13 bits per heavy atom. The van der Waals surface area contributed by atoms with Crippen LogP contribution in [0.4, 0.5) is 18.0 Å². The first-order chi connectivity index (χ1) is 14.1. The van der Waals surface area contributed by atoms with Gasteiger partial charge in [-0.3, -0.25) is 14.5 Å². The molecule has 2 aliphatic rings. The monoisotopic (exact) mass is 428 g/mol. The molecule has 0 bridgehead atoms. The number of amides is 3. The van der Waals surface area contributed by atoms with Crippen LogP contribution in [0.15, 0.2) is 24.3 Å². The maximum absolute atomic E-state index is 12.7. The predicted molar refractivity (Wildman–Crippen MR) is 99.9 cm³/mol. The highest BCUT2D eigenvalue weighted by molar-refractivity contribution is 5.96. The standard InChI is InChI=1S/C19H23F3N4O4/c20-19(21,22)13-3-1-2-12(8-13)17(28)23-9-16(27)24-14-4-6-25(10-14)15-5-7-26(11-15)18(29)30/h1-3,8,14-15H,4-7,9-11H2,(H,23,28)(H,24,27)(H,29,30)/t14-,15?/m1/s1. The average molecular weight is 428 g/mol. The van der Waals surface area contributed by atoms with Gasteiger partial charge in [-0.1, -0.05) is 6.07 Å². The third kappa shape index (κ3) is 5.41. The van der Waals surface area contributed by atoms with Crippen LogP contribution in [0.1, 0.15) is 28.8 Å². The maximum atomic E-state index is 12.7. The summed E-state index contributed by atoms with van der Waals surface area (Å²) in [5.41, 5.74) is -1.10. The molecule has 3 rings (SSSR count). The minimum atomic E-state index is -4.55. The fraction of sp³-hybridized carbons (Fsp3) is 0.526. The Morgan fingerprint density at radius 2 is 1.90 bits per heavy atom. The molecule has 164 valence electrons. The second-order valence-electron chi connectivity index (χ2n) is 7.48. The van der Waals surface area contributed by atoms with Crippen LogP contribution in [0, 0.1) is 0 Å². The Balaban J connectivity index is 1.43. The van der Waals surface area contributed by atoms with E-state index >= 15 is 0 Å². The molecular weight excluding hydrogens is 405 g/mol. The fourth-order valence-electron chi connectivity index (χ4n) is 3.83. The van der Waals surface area contributed by atoms with Gasteiger partial charge in [-0.25, -0.2) is 4.79 Å². The molecule has 0 aliphatic carbocycles. The molecule has 1 unspecified atom stereocenters. The van der Waals surface area contributed by atoms with Crippen molar-refractivity contribution in [3.8, 4) is 0 Å². The summed E-state index contributed by atoms with van der Waals surface area (Å²) in [5, 5.41) is 14.2. The van der Waals surface area contributed by atoms with E-state index in [0.717, 1.165) is 31.2 Å². The van der Waals surface area contributed by atoms with Crippen LogP contribution in [-0.2, 0) is 11.0 Å². The number of hydrogen-bond acceptors (Lipinski definition) is 4. The molecule has 0 radical (unpaired) electrons. The van der Waals surface area contributed by atoms with Crippen LogP contribution >= 0.6 is 0 Å². The van der Waals surface area contributed by atoms with Crippen LogP contribution < -0.4 is 10.6 Å². The Labute approximate surface area is 171 Å². The minimum Gasteiger partial charge on any atom is -0.465 e. The second kappa shape index (κ2) is 8.90. The van der Waals surface area contributed by atoms with E-state index in [2.05, 4.69) is 15.5 Å². The summed E-state index contributed by atoms with van der Waals surface area (Å²) < 4.78 is 38.2. The van der Waals surface area contributed by atoms with E-state index < -0.39 is 29.6 Å². The lowest BCUT2D eigenvalue weighted by atomic mass is 10.1. The summed E-state index contributed by atoms with van der Waals surface area (Å²) in [7, 11) is 0. The van der Waals surface area contributed by atoms with Crippen molar-refractivity contribution in [3.05, 3.63) is 35.4 Å². The zero-order chi connectivity index (χ0) is 21.9. The fourth-order valence-corrected chi connectivity index (χ4v) is 3.83. The molecule has 3 N–H and O–H groups in total. The lowest BCUT2D eigenvalue weighted by Crippen LogP contribution is -2.44. The highest BCUT2D eigenvalue weighted by Crippen LogP contribution is 2.29. The number of carbonyl (C=O) groups excluding carboxylic acids is 2. The summed E-state index contributed by atoms with van der Waals surface area (Å²) in [6.45, 7) is 1.92. The first-order valence-electron chi connectivity index (χ1n) is 9.60. The van der Waals surface area contributed by atoms with Gasteiger partial charge >= 0.3 is 12.3 Å². The number of nitrogens with one attached hydrogen (secondary N) is 2. The normalized spacial score (nSPS) is 22.2. The molecule has 11 heteroatoms. The van der Waals surface area contributed by atoms with Gasteiger partial charge in [0.2, 0.25) is 5.91 Å². The van der Waals surface area contributed by atoms with Crippen LogP contribution in [0.3, 0.4) is 0 Å². The highest BCUT2D eigenvalue weighted by Gasteiger charge is 2.35. The van der Waals surface area contributed by atoms with E-state index in [0.29, 0.717) is 26.1 Å². The van der Waals surface area contributed by atoms with Crippen molar-refractivity contribution < 1.29 is 32.7 Å². The first kappa shape index (κ1) is 21.9. The van der Waals surface area contributed by atoms with Gasteiger partial charge in [0.25, 0.3) is 5.91 Å². The van der Waals surface area contributed by atoms with E-state index in [1.165, 1.54) is 11.0 Å². The number of halogens is 3. The Kier molecular flexibility index (Phi) is 6.49. The third-order valence-corrected chi connectivity index (χ3v) is 5.40. The Hall–Kier alpha value is -2.82. The van der Waals surface area contributed by atoms with Gasteiger partial charge in [0.15, 0.2) is 0 Å². The van der Waals surface area contributed by atoms with Crippen molar-refractivity contribution in [2.24, 2.45) is 0 Å². The second-order valence-corrected chi connectivity index (χ2v) is 7.48. The zero-order valence-corrected chi connectivity index (χ0v) is 16.1. The molecule has 2 atom stereocenters. The number of carbonyl (C=O) groups is 3. The van der Waals surface area contributed by atoms with Crippen molar-refractivity contribution in [3.63, 3.8) is 0 Å². The smallest absolute Gasteiger partial charge is 0.416 e. The number of alkyl halides is 3. The summed E-state index contributed by atoms with van der Waals surface area (Å²) in [4.78, 5) is 38.7. The number of rotatable bonds is 5. The van der Waals surface area contributed by atoms with Gasteiger partial charge in [0.1, 0.15) is 0 Å². The van der Waals surface area contributed by atoms with Gasteiger partial charge < -0.3 is 20.6 Å². The number of hydrogen-bond donors (Lipinski definition) is 3. The molecule has 1 aromatic carbocycles. The van der Waals surface area contributed by atoms with E-state index in [-0.39, 0.29) is 24.2 Å². The van der Waals surface area contributed by atoms with E-state index in [1.54, 1.807) is 0 Å². The maximum Gasteiger partial charge on any atom is 0.416 e. The van der Waals surface area contributed by atoms with Crippen molar-refractivity contribution in [1.82, 2.24) is 20.4 Å². The molecule has 2 aliphatic heterocycles. The van der Waals surface area contributed by atoms with E-state index in [9.17, 15) is 27.6 Å². The first-order valence-corrected chi connectivity index (χ1v) is 9.60. The summed E-state index contributed by atoms with van der Waals surface area (Å²) in [6.07, 6.45) is -4.03. The topological polar surface area (TPSA) is 102 Å². The molecule has 0 saturated carbocycles. The average Bonchev–Trinajstić information content (AvgIpc) is 3.35. The molecular formula is C19H23F3N4O4. The number of benzene rings is 1. The Bertz CT molecular complexity index is 817. The summed E-state index contributed by atoms with van der Waals surface area (Å²) >= 11 is 0. The van der Waals surface area contributed by atoms with Gasteiger partial charge in [-0.05, 0) is 31.0 Å². The molecule has 2 heterocycles. The van der Waals surface area contributed by atoms with Crippen LogP contribution in [-0.4, -0.2) is 77.6 Å². The van der Waals surface area contributed by atoms with Crippen LogP contribution in [0.5, 0.6) is 0 Å². The molecule has 30 heavy (non-hydrogen) atoms. The van der Waals surface area contributed by atoms with Gasteiger partial charge in [-0.15, -0.1) is 0 Å². The summed E-state index contributed by atoms with van der Waals surface area (Å²) in [5.74, 6) is -1.19. The van der Waals surface area contributed by atoms with Crippen LogP contribution in [0.25, 0.3) is 0 Å². The third-order valence-electron chi connectivity index (χ3n) is 5.40. The van der Waals surface area contributed by atoms with Crippen molar-refractivity contribution in [2.45, 2.75) is 31.1 Å². The van der Waals surface area contributed by atoms with Crippen molar-refractivity contribution >= 4 is 17.9 Å². The molecule has 0 spiro atoms. The van der Waals surface area contributed by atoms with Gasteiger partial charge in [0.05, 0.1) is 12.1 Å². The number of likely N-dealkylation sites (tertiary alicyclic amines) is 2. The number of nitrogens with zero attached hydrogens (tertiary/aromatic N) is 2. The molecule has 2 saturated heterocycles. The zero-order valence-electron chi connectivity index (χ0n) is 16.1. The SMILES string of the molecule is O=C(CNC(=O)c1cccc(C(F)(F)F)c1)N[C@@H]1CCN(C2CCN(C(=O)O)C2)C1. The molecule has 2 fully saturated rings. The van der Waals surface area contributed by atoms with E-state index in [1.807, 2.05) is 0 Å². The lowest BCUT2D eigenvalue weighted by molar-refractivity contribution is -0.137. The van der Waals surface area contributed by atoms with Crippen LogP contribution in [0.2, 0.25) is 0 Å². The molecule has 3 amide bonds. The van der Waals surface area contributed by atoms with Gasteiger partial charge in [0, 0.05) is 43.8 Å². The highest BCUT2D eigenvalue weighted by atomic mass is 19.4. The molecule has 1 aromatic rings. The predicted octanol–water partition coefficient (Wildman–Crippen LogP) is 1.38. The van der Waals surface area contributed by atoms with Crippen molar-refractivity contribution in [1.29, 1.82) is 0 Å². The molecule has 0 aromatic heterocycles. The summed E-state index contributed by atoms with van der Waals surface area (Å²) in [6, 6.07) is 4.00. The Morgan fingerprint density at radius 3 is 2.57 bits per heavy atom. The largest absolute Gasteiger partial charge is 0.465 e. The van der Waals surface area contributed by atoms with Gasteiger partial charge in [-0.2, -0.15) is 13.2 Å². The minimum absolute atomic E-state index is 0.123. The van der Waals surface area contributed by atoms with Crippen molar-refractivity contribution in [2.75, 3.05) is 32.7 Å². The quantitative estimate of drug-likeness (QED) is 0.658. The van der Waals surface area contributed by atoms with E-state index in [4.69, 9.17) is 5.11 Å². The number of carboxylic acid groups (broad SMARTS) is 1. The lowest BCUT2D eigenvalue weighted by Gasteiger charge is -2.23. The molecule has 8 nitrogen and oxygen atoms in total.